The highest BCUT2D eigenvalue weighted by atomic mass is 16.1. The Morgan fingerprint density at radius 3 is 2.45 bits per heavy atom. The molecule has 1 aliphatic rings. The van der Waals surface area contributed by atoms with Gasteiger partial charge in [0.1, 0.15) is 5.78 Å². The van der Waals surface area contributed by atoms with E-state index < -0.39 is 0 Å². The van der Waals surface area contributed by atoms with Crippen LogP contribution in [0.3, 0.4) is 0 Å². The molecule has 0 bridgehead atoms. The summed E-state index contributed by atoms with van der Waals surface area (Å²) in [5.74, 6) is 0.819. The first kappa shape index (κ1) is 8.25. The van der Waals surface area contributed by atoms with Crippen molar-refractivity contribution < 1.29 is 4.79 Å². The number of ketones is 1. The summed E-state index contributed by atoms with van der Waals surface area (Å²) in [5, 5.41) is 0. The van der Waals surface area contributed by atoms with Crippen molar-refractivity contribution >= 4 is 5.78 Å². The van der Waals surface area contributed by atoms with Crippen molar-refractivity contribution in [2.24, 2.45) is 11.8 Å². The predicted molar refractivity (Wildman–Crippen MR) is 46.2 cm³/mol. The lowest BCUT2D eigenvalue weighted by molar-refractivity contribution is -0.118. The maximum absolute atomic E-state index is 10.9. The lowest BCUT2D eigenvalue weighted by Gasteiger charge is -2.02. The third-order valence-corrected chi connectivity index (χ3v) is 2.00. The number of carbonyl (C=O) groups excluding carboxylic acids is 1. The average Bonchev–Trinajstić information content (AvgIpc) is 2.33. The monoisotopic (exact) mass is 150 g/mol. The third-order valence-electron chi connectivity index (χ3n) is 2.00. The van der Waals surface area contributed by atoms with Crippen molar-refractivity contribution in [3.05, 3.63) is 23.8 Å². The minimum absolute atomic E-state index is 0.0485. The summed E-state index contributed by atoms with van der Waals surface area (Å²) in [4.78, 5) is 10.9. The molecule has 0 aromatic carbocycles. The van der Waals surface area contributed by atoms with E-state index in [1.807, 2.05) is 12.2 Å². The van der Waals surface area contributed by atoms with Gasteiger partial charge in [-0.1, -0.05) is 32.1 Å². The molecule has 0 spiro atoms. The van der Waals surface area contributed by atoms with Crippen LogP contribution in [-0.2, 0) is 4.79 Å². The molecule has 11 heavy (non-hydrogen) atoms. The summed E-state index contributed by atoms with van der Waals surface area (Å²) in [5.41, 5.74) is 1.28. The van der Waals surface area contributed by atoms with Gasteiger partial charge in [-0.05, 0) is 18.4 Å². The van der Waals surface area contributed by atoms with Crippen LogP contribution in [0.2, 0.25) is 0 Å². The van der Waals surface area contributed by atoms with Gasteiger partial charge in [-0.25, -0.2) is 0 Å². The first-order valence-corrected chi connectivity index (χ1v) is 4.01. The van der Waals surface area contributed by atoms with Gasteiger partial charge in [-0.3, -0.25) is 4.79 Å². The van der Waals surface area contributed by atoms with Crippen LogP contribution in [0.25, 0.3) is 0 Å². The van der Waals surface area contributed by atoms with Crippen LogP contribution in [0.5, 0.6) is 0 Å². The number of rotatable bonds is 2. The van der Waals surface area contributed by atoms with Gasteiger partial charge in [0.15, 0.2) is 0 Å². The molecule has 0 heterocycles. The molecular weight excluding hydrogens is 136 g/mol. The van der Waals surface area contributed by atoms with Crippen molar-refractivity contribution in [3.63, 3.8) is 0 Å². The van der Waals surface area contributed by atoms with Crippen LogP contribution in [-0.4, -0.2) is 5.78 Å². The molecule has 1 unspecified atom stereocenters. The molecular formula is C10H14O. The van der Waals surface area contributed by atoms with E-state index in [1.54, 1.807) is 6.92 Å². The van der Waals surface area contributed by atoms with E-state index in [0.717, 1.165) is 0 Å². The molecule has 0 radical (unpaired) electrons. The summed E-state index contributed by atoms with van der Waals surface area (Å²) in [6, 6.07) is 0. The van der Waals surface area contributed by atoms with E-state index in [-0.39, 0.29) is 11.7 Å². The van der Waals surface area contributed by atoms with Gasteiger partial charge in [0.2, 0.25) is 0 Å². The van der Waals surface area contributed by atoms with Gasteiger partial charge in [0, 0.05) is 0 Å². The van der Waals surface area contributed by atoms with E-state index in [9.17, 15) is 4.79 Å². The highest BCUT2D eigenvalue weighted by molar-refractivity contribution is 5.83. The van der Waals surface area contributed by atoms with Crippen LogP contribution >= 0.6 is 0 Å². The van der Waals surface area contributed by atoms with E-state index in [2.05, 4.69) is 19.9 Å². The summed E-state index contributed by atoms with van der Waals surface area (Å²) in [7, 11) is 0. The molecule has 0 aromatic heterocycles. The highest BCUT2D eigenvalue weighted by Gasteiger charge is 2.14. The maximum Gasteiger partial charge on any atom is 0.140 e. The van der Waals surface area contributed by atoms with Crippen molar-refractivity contribution in [3.8, 4) is 0 Å². The molecule has 0 saturated heterocycles. The molecule has 0 N–H and O–H groups in total. The molecule has 0 amide bonds. The Hall–Kier alpha value is -0.850. The molecule has 1 aliphatic carbocycles. The second kappa shape index (κ2) is 3.04. The lowest BCUT2D eigenvalue weighted by atomic mass is 10.0. The topological polar surface area (TPSA) is 17.1 Å². The van der Waals surface area contributed by atoms with E-state index in [0.29, 0.717) is 5.92 Å². The van der Waals surface area contributed by atoms with Gasteiger partial charge in [-0.15, -0.1) is 0 Å². The van der Waals surface area contributed by atoms with E-state index in [4.69, 9.17) is 0 Å². The lowest BCUT2D eigenvalue weighted by Crippen LogP contribution is -2.02. The zero-order valence-corrected chi connectivity index (χ0v) is 7.29. The van der Waals surface area contributed by atoms with Crippen molar-refractivity contribution in [1.29, 1.82) is 0 Å². The second-order valence-corrected chi connectivity index (χ2v) is 3.32. The summed E-state index contributed by atoms with van der Waals surface area (Å²) in [6.45, 7) is 5.91. The zero-order valence-electron chi connectivity index (χ0n) is 7.29. The molecule has 0 aromatic rings. The van der Waals surface area contributed by atoms with Crippen LogP contribution < -0.4 is 0 Å². The Bertz CT molecular complexity index is 221. The van der Waals surface area contributed by atoms with Crippen LogP contribution in [0.1, 0.15) is 20.8 Å². The number of Topliss-reactive ketones (excluding diaryl/α,β-unsaturated/α-hetero) is 1. The fourth-order valence-corrected chi connectivity index (χ4v) is 1.17. The Morgan fingerprint density at radius 2 is 2.18 bits per heavy atom. The minimum atomic E-state index is 0.0485. The molecule has 0 saturated carbocycles. The SMILES string of the molecule is CC(=O)C1C=CC(C(C)C)=C1. The number of hydrogen-bond donors (Lipinski definition) is 0. The van der Waals surface area contributed by atoms with Crippen LogP contribution in [0.15, 0.2) is 23.8 Å². The molecule has 1 rings (SSSR count). The van der Waals surface area contributed by atoms with Gasteiger partial charge in [-0.2, -0.15) is 0 Å². The predicted octanol–water partition coefficient (Wildman–Crippen LogP) is 2.34. The van der Waals surface area contributed by atoms with E-state index in [1.165, 1.54) is 5.57 Å². The second-order valence-electron chi connectivity index (χ2n) is 3.32. The third kappa shape index (κ3) is 1.79. The summed E-state index contributed by atoms with van der Waals surface area (Å²) in [6.07, 6.45) is 6.07. The molecule has 0 aliphatic heterocycles. The molecule has 60 valence electrons. The number of allylic oxidation sites excluding steroid dienone is 4. The normalized spacial score (nSPS) is 22.5. The molecule has 0 fully saturated rings. The Balaban J connectivity index is 2.71. The first-order chi connectivity index (χ1) is 5.11. The van der Waals surface area contributed by atoms with Gasteiger partial charge < -0.3 is 0 Å². The fourth-order valence-electron chi connectivity index (χ4n) is 1.17. The van der Waals surface area contributed by atoms with Gasteiger partial charge >= 0.3 is 0 Å². The molecule has 1 atom stereocenters. The Kier molecular flexibility index (Phi) is 2.28. The van der Waals surface area contributed by atoms with Crippen molar-refractivity contribution in [1.82, 2.24) is 0 Å². The standard InChI is InChI=1S/C10H14O/c1-7(2)9-4-5-10(6-9)8(3)11/h4-7,10H,1-3H3. The number of carbonyl (C=O) groups is 1. The fraction of sp³-hybridized carbons (Fsp3) is 0.500. The molecule has 1 heteroatoms. The minimum Gasteiger partial charge on any atom is -0.299 e. The number of hydrogen-bond acceptors (Lipinski definition) is 1. The Labute approximate surface area is 67.8 Å². The Morgan fingerprint density at radius 1 is 1.55 bits per heavy atom. The highest BCUT2D eigenvalue weighted by Crippen LogP contribution is 2.22. The summed E-state index contributed by atoms with van der Waals surface area (Å²) >= 11 is 0. The maximum atomic E-state index is 10.9. The zero-order chi connectivity index (χ0) is 8.43. The van der Waals surface area contributed by atoms with Crippen molar-refractivity contribution in [2.75, 3.05) is 0 Å². The largest absolute Gasteiger partial charge is 0.299 e. The smallest absolute Gasteiger partial charge is 0.140 e. The van der Waals surface area contributed by atoms with Gasteiger partial charge in [0.25, 0.3) is 0 Å². The van der Waals surface area contributed by atoms with Gasteiger partial charge in [0.05, 0.1) is 5.92 Å². The van der Waals surface area contributed by atoms with Crippen molar-refractivity contribution in [2.45, 2.75) is 20.8 Å². The van der Waals surface area contributed by atoms with Crippen LogP contribution in [0, 0.1) is 11.8 Å². The first-order valence-electron chi connectivity index (χ1n) is 4.01. The molecule has 1 nitrogen and oxygen atoms in total. The van der Waals surface area contributed by atoms with E-state index >= 15 is 0 Å². The van der Waals surface area contributed by atoms with Crippen LogP contribution in [0.4, 0.5) is 0 Å². The summed E-state index contributed by atoms with van der Waals surface area (Å²) < 4.78 is 0. The average molecular weight is 150 g/mol. The quantitative estimate of drug-likeness (QED) is 0.590.